The number of aromatic nitrogens is 4. The van der Waals surface area contributed by atoms with Crippen molar-refractivity contribution in [3.63, 3.8) is 0 Å². The first kappa shape index (κ1) is 23.3. The first-order chi connectivity index (χ1) is 16.8. The van der Waals surface area contributed by atoms with Crippen LogP contribution in [0.15, 0.2) is 67.3 Å². The minimum Gasteiger partial charge on any atom is -0.368 e. The van der Waals surface area contributed by atoms with Gasteiger partial charge in [-0.25, -0.2) is 14.4 Å². The molecule has 182 valence electrons. The summed E-state index contributed by atoms with van der Waals surface area (Å²) in [6.07, 6.45) is 5.64. The highest BCUT2D eigenvalue weighted by molar-refractivity contribution is 5.76. The van der Waals surface area contributed by atoms with Crippen LogP contribution in [0.1, 0.15) is 33.7 Å². The van der Waals surface area contributed by atoms with E-state index >= 15 is 0 Å². The van der Waals surface area contributed by atoms with Gasteiger partial charge in [-0.1, -0.05) is 0 Å². The third kappa shape index (κ3) is 4.36. The maximum absolute atomic E-state index is 13.6. The monoisotopic (exact) mass is 472 g/mol. The van der Waals surface area contributed by atoms with E-state index in [-0.39, 0.29) is 11.9 Å². The van der Waals surface area contributed by atoms with Crippen LogP contribution in [0.25, 0.3) is 28.5 Å². The lowest BCUT2D eigenvalue weighted by molar-refractivity contribution is 0.170. The van der Waals surface area contributed by atoms with Crippen LogP contribution in [0.3, 0.4) is 0 Å². The molecule has 2 aromatic heterocycles. The van der Waals surface area contributed by atoms with E-state index in [0.29, 0.717) is 12.1 Å². The molecular formula is C28H33FN6. The van der Waals surface area contributed by atoms with E-state index in [1.54, 1.807) is 12.1 Å². The first-order valence-corrected chi connectivity index (χ1v) is 12.3. The van der Waals surface area contributed by atoms with Crippen LogP contribution in [0.5, 0.6) is 0 Å². The van der Waals surface area contributed by atoms with Gasteiger partial charge in [0.2, 0.25) is 0 Å². The van der Waals surface area contributed by atoms with Crippen molar-refractivity contribution < 1.29 is 4.39 Å². The molecule has 1 aliphatic heterocycles. The third-order valence-corrected chi connectivity index (χ3v) is 7.17. The van der Waals surface area contributed by atoms with E-state index in [1.807, 2.05) is 18.7 Å². The average Bonchev–Trinajstić information content (AvgIpc) is 3.50. The lowest BCUT2D eigenvalue weighted by Gasteiger charge is -2.43. The largest absolute Gasteiger partial charge is 0.368 e. The maximum Gasteiger partial charge on any atom is 0.163 e. The van der Waals surface area contributed by atoms with Gasteiger partial charge < -0.3 is 9.47 Å². The second-order valence-corrected chi connectivity index (χ2v) is 9.86. The van der Waals surface area contributed by atoms with Gasteiger partial charge in [0.15, 0.2) is 5.82 Å². The molecule has 6 nitrogen and oxygen atoms in total. The van der Waals surface area contributed by atoms with E-state index in [4.69, 9.17) is 9.97 Å². The van der Waals surface area contributed by atoms with Gasteiger partial charge in [-0.3, -0.25) is 9.47 Å². The van der Waals surface area contributed by atoms with Crippen molar-refractivity contribution >= 4 is 5.69 Å². The van der Waals surface area contributed by atoms with Crippen molar-refractivity contribution in [2.75, 3.05) is 25.0 Å². The highest BCUT2D eigenvalue weighted by atomic mass is 19.1. The van der Waals surface area contributed by atoms with Crippen LogP contribution in [-0.2, 0) is 0 Å². The lowest BCUT2D eigenvalue weighted by atomic mass is 10.1. The number of benzene rings is 2. The molecule has 5 rings (SSSR count). The van der Waals surface area contributed by atoms with Crippen LogP contribution < -0.4 is 4.90 Å². The predicted molar refractivity (Wildman–Crippen MR) is 139 cm³/mol. The van der Waals surface area contributed by atoms with Gasteiger partial charge in [0, 0.05) is 60.5 Å². The molecule has 1 fully saturated rings. The summed E-state index contributed by atoms with van der Waals surface area (Å²) >= 11 is 0. The Hall–Kier alpha value is -3.45. The average molecular weight is 473 g/mol. The Morgan fingerprint density at radius 3 is 2.14 bits per heavy atom. The number of imidazole rings is 2. The van der Waals surface area contributed by atoms with Gasteiger partial charge in [0.05, 0.1) is 12.0 Å². The molecule has 3 heterocycles. The van der Waals surface area contributed by atoms with E-state index < -0.39 is 0 Å². The Balaban J connectivity index is 1.51. The second-order valence-electron chi connectivity index (χ2n) is 9.86. The summed E-state index contributed by atoms with van der Waals surface area (Å²) in [5, 5.41) is 0. The SMILES string of the molecule is CC1CN(c2ccc(-n3ccnc3-c3c(-c4ccc(F)cc4)ncn3C(C)C)cc2)CC(C)N1C. The summed E-state index contributed by atoms with van der Waals surface area (Å²) in [7, 11) is 2.21. The molecule has 0 amide bonds. The maximum atomic E-state index is 13.6. The molecular weight excluding hydrogens is 439 g/mol. The fourth-order valence-corrected chi connectivity index (χ4v) is 4.92. The van der Waals surface area contributed by atoms with Crippen molar-refractivity contribution in [1.29, 1.82) is 0 Å². The van der Waals surface area contributed by atoms with Crippen molar-refractivity contribution in [1.82, 2.24) is 24.0 Å². The highest BCUT2D eigenvalue weighted by Gasteiger charge is 2.27. The van der Waals surface area contributed by atoms with Gasteiger partial charge in [0.25, 0.3) is 0 Å². The molecule has 0 radical (unpaired) electrons. The van der Waals surface area contributed by atoms with Crippen LogP contribution in [0.2, 0.25) is 0 Å². The number of hydrogen-bond acceptors (Lipinski definition) is 4. The van der Waals surface area contributed by atoms with Crippen molar-refractivity contribution in [3.8, 4) is 28.5 Å². The molecule has 1 aliphatic rings. The number of rotatable bonds is 5. The Labute approximate surface area is 206 Å². The van der Waals surface area contributed by atoms with Gasteiger partial charge in [-0.05, 0) is 83.3 Å². The minimum absolute atomic E-state index is 0.195. The fourth-order valence-electron chi connectivity index (χ4n) is 4.92. The van der Waals surface area contributed by atoms with Gasteiger partial charge in [0.1, 0.15) is 11.5 Å². The summed E-state index contributed by atoms with van der Waals surface area (Å²) in [6, 6.07) is 16.4. The van der Waals surface area contributed by atoms with Crippen molar-refractivity contribution in [3.05, 3.63) is 73.1 Å². The zero-order valence-electron chi connectivity index (χ0n) is 21.1. The molecule has 0 spiro atoms. The minimum atomic E-state index is -0.260. The van der Waals surface area contributed by atoms with Crippen LogP contribution in [0.4, 0.5) is 10.1 Å². The smallest absolute Gasteiger partial charge is 0.163 e. The second kappa shape index (κ2) is 9.30. The Morgan fingerprint density at radius 2 is 1.51 bits per heavy atom. The zero-order valence-corrected chi connectivity index (χ0v) is 21.1. The number of piperazine rings is 1. The third-order valence-electron chi connectivity index (χ3n) is 7.17. The number of hydrogen-bond donors (Lipinski definition) is 0. The van der Waals surface area contributed by atoms with Gasteiger partial charge in [-0.2, -0.15) is 0 Å². The van der Waals surface area contributed by atoms with Gasteiger partial charge >= 0.3 is 0 Å². The van der Waals surface area contributed by atoms with E-state index in [9.17, 15) is 4.39 Å². The summed E-state index contributed by atoms with van der Waals surface area (Å²) in [6.45, 7) is 10.9. The first-order valence-electron chi connectivity index (χ1n) is 12.3. The molecule has 0 saturated carbocycles. The van der Waals surface area contributed by atoms with Crippen LogP contribution >= 0.6 is 0 Å². The van der Waals surface area contributed by atoms with Crippen molar-refractivity contribution in [2.45, 2.75) is 45.8 Å². The Kier molecular flexibility index (Phi) is 6.19. The molecule has 1 saturated heterocycles. The van der Waals surface area contributed by atoms with Crippen LogP contribution in [0, 0.1) is 5.82 Å². The summed E-state index contributed by atoms with van der Waals surface area (Å²) in [4.78, 5) is 14.3. The molecule has 0 aliphatic carbocycles. The van der Waals surface area contributed by atoms with E-state index in [1.165, 1.54) is 17.8 Å². The Bertz CT molecular complexity index is 1280. The molecule has 2 atom stereocenters. The molecule has 4 aromatic rings. The van der Waals surface area contributed by atoms with Crippen LogP contribution in [-0.4, -0.2) is 56.2 Å². The zero-order chi connectivity index (χ0) is 24.7. The summed E-state index contributed by atoms with van der Waals surface area (Å²) < 4.78 is 17.8. The Morgan fingerprint density at radius 1 is 0.886 bits per heavy atom. The number of anilines is 1. The molecule has 0 bridgehead atoms. The molecule has 35 heavy (non-hydrogen) atoms. The summed E-state index contributed by atoms with van der Waals surface area (Å²) in [5.74, 6) is 0.550. The van der Waals surface area contributed by atoms with E-state index in [2.05, 4.69) is 77.9 Å². The normalized spacial score (nSPS) is 19.0. The van der Waals surface area contributed by atoms with Crippen molar-refractivity contribution in [2.24, 2.45) is 0 Å². The topological polar surface area (TPSA) is 42.1 Å². The molecule has 2 aromatic carbocycles. The number of nitrogens with zero attached hydrogens (tertiary/aromatic N) is 6. The van der Waals surface area contributed by atoms with Gasteiger partial charge in [-0.15, -0.1) is 0 Å². The molecule has 2 unspecified atom stereocenters. The molecule has 7 heteroatoms. The fraction of sp³-hybridized carbons (Fsp3) is 0.357. The quantitative estimate of drug-likeness (QED) is 0.376. The number of likely N-dealkylation sites (N-methyl/N-ethyl adjacent to an activating group) is 1. The predicted octanol–water partition coefficient (Wildman–Crippen LogP) is 5.65. The standard InChI is InChI=1S/C28H33FN6/c1-19(2)35-18-31-26(22-6-8-23(29)9-7-22)27(35)28-30-14-15-34(28)25-12-10-24(11-13-25)33-16-20(3)32(5)21(4)17-33/h6-15,18-21H,16-17H2,1-5H3. The summed E-state index contributed by atoms with van der Waals surface area (Å²) in [5.41, 5.74) is 4.86. The lowest BCUT2D eigenvalue weighted by Crippen LogP contribution is -2.55. The van der Waals surface area contributed by atoms with E-state index in [0.717, 1.165) is 41.6 Å². The number of halogens is 1. The highest BCUT2D eigenvalue weighted by Crippen LogP contribution is 2.34. The molecule has 0 N–H and O–H groups in total.